The Morgan fingerprint density at radius 2 is 1.86 bits per heavy atom. The Labute approximate surface area is 169 Å². The number of nitrogens with one attached hydrogen (secondary N) is 1. The molecule has 0 aliphatic heterocycles. The number of nitrogens with zero attached hydrogens (tertiary/aromatic N) is 4. The van der Waals surface area contributed by atoms with E-state index in [0.29, 0.717) is 5.56 Å². The van der Waals surface area contributed by atoms with Crippen molar-refractivity contribution in [1.82, 2.24) is 25.1 Å². The van der Waals surface area contributed by atoms with Gasteiger partial charge in [0.1, 0.15) is 0 Å². The predicted octanol–water partition coefficient (Wildman–Crippen LogP) is 4.14. The number of hydrogen-bond acceptors (Lipinski definition) is 4. The molecule has 0 spiro atoms. The summed E-state index contributed by atoms with van der Waals surface area (Å²) >= 11 is 0. The molecule has 0 unspecified atom stereocenters. The number of aryl methyl sites for hydroxylation is 2. The summed E-state index contributed by atoms with van der Waals surface area (Å²) in [4.78, 5) is 22.1. The molecule has 4 aromatic rings. The van der Waals surface area contributed by atoms with Gasteiger partial charge in [-0.15, -0.1) is 0 Å². The Balaban J connectivity index is 1.77. The van der Waals surface area contributed by atoms with Crippen LogP contribution >= 0.6 is 0 Å². The minimum atomic E-state index is -0.159. The largest absolute Gasteiger partial charge is 0.345 e. The second kappa shape index (κ2) is 7.47. The summed E-state index contributed by atoms with van der Waals surface area (Å²) in [6.07, 6.45) is 5.25. The lowest BCUT2D eigenvalue weighted by Crippen LogP contribution is -2.27. The number of fused-ring (bicyclic) bond motifs is 1. The van der Waals surface area contributed by atoms with Crippen molar-refractivity contribution in [3.05, 3.63) is 77.4 Å². The summed E-state index contributed by atoms with van der Waals surface area (Å²) in [5, 5.41) is 8.25. The van der Waals surface area contributed by atoms with Gasteiger partial charge < -0.3 is 5.32 Å². The average Bonchev–Trinajstić information content (AvgIpc) is 3.06. The molecular weight excluding hydrogens is 362 g/mol. The molecule has 0 saturated heterocycles. The maximum Gasteiger partial charge on any atom is 0.252 e. The molecule has 146 valence electrons. The molecule has 0 bridgehead atoms. The number of carbonyl (C=O) groups excluding carboxylic acids is 1. The lowest BCUT2D eigenvalue weighted by Gasteiger charge is -2.16. The monoisotopic (exact) mass is 385 g/mol. The van der Waals surface area contributed by atoms with Gasteiger partial charge in [-0.25, -0.2) is 4.98 Å². The molecule has 1 amide bonds. The summed E-state index contributed by atoms with van der Waals surface area (Å²) in [6, 6.07) is 11.5. The molecule has 0 fully saturated rings. The minimum Gasteiger partial charge on any atom is -0.345 e. The fourth-order valence-electron chi connectivity index (χ4n) is 3.49. The number of rotatable bonds is 4. The lowest BCUT2D eigenvalue weighted by atomic mass is 10.0. The molecule has 6 heteroatoms. The van der Waals surface area contributed by atoms with Crippen molar-refractivity contribution in [2.24, 2.45) is 7.05 Å². The third-order valence-electron chi connectivity index (χ3n) is 5.27. The van der Waals surface area contributed by atoms with Crippen LogP contribution in [0, 0.1) is 13.8 Å². The normalized spacial score (nSPS) is 12.1. The quantitative estimate of drug-likeness (QED) is 0.573. The van der Waals surface area contributed by atoms with Crippen molar-refractivity contribution in [3.63, 3.8) is 0 Å². The molecule has 0 aliphatic rings. The molecule has 3 aromatic heterocycles. The molecule has 0 saturated carbocycles. The van der Waals surface area contributed by atoms with Gasteiger partial charge in [-0.1, -0.05) is 11.6 Å². The van der Waals surface area contributed by atoms with Crippen molar-refractivity contribution in [2.45, 2.75) is 26.8 Å². The van der Waals surface area contributed by atoms with Crippen LogP contribution in [0.4, 0.5) is 0 Å². The summed E-state index contributed by atoms with van der Waals surface area (Å²) in [6.45, 7) is 5.98. The van der Waals surface area contributed by atoms with Gasteiger partial charge in [0.2, 0.25) is 0 Å². The molecule has 1 atom stereocenters. The van der Waals surface area contributed by atoms with E-state index in [-0.39, 0.29) is 11.9 Å². The van der Waals surface area contributed by atoms with Gasteiger partial charge in [0.05, 0.1) is 29.0 Å². The molecule has 0 aliphatic carbocycles. The number of aromatic nitrogens is 4. The van der Waals surface area contributed by atoms with Crippen LogP contribution < -0.4 is 5.32 Å². The molecule has 1 aromatic carbocycles. The van der Waals surface area contributed by atoms with Crippen LogP contribution in [0.1, 0.15) is 40.1 Å². The Bertz CT molecular complexity index is 1200. The van der Waals surface area contributed by atoms with Crippen molar-refractivity contribution < 1.29 is 4.79 Å². The zero-order valence-corrected chi connectivity index (χ0v) is 17.0. The highest BCUT2D eigenvalue weighted by molar-refractivity contribution is 6.07. The van der Waals surface area contributed by atoms with Crippen LogP contribution in [0.15, 0.2) is 55.0 Å². The maximum atomic E-state index is 13.3. The van der Waals surface area contributed by atoms with Gasteiger partial charge in [0.15, 0.2) is 0 Å². The topological polar surface area (TPSA) is 72.7 Å². The fraction of sp³-hybridized carbons (Fsp3) is 0.217. The minimum absolute atomic E-state index is 0.131. The van der Waals surface area contributed by atoms with Crippen molar-refractivity contribution >= 4 is 16.8 Å². The van der Waals surface area contributed by atoms with E-state index >= 15 is 0 Å². The second-order valence-corrected chi connectivity index (χ2v) is 7.32. The summed E-state index contributed by atoms with van der Waals surface area (Å²) in [7, 11) is 1.90. The van der Waals surface area contributed by atoms with E-state index in [4.69, 9.17) is 4.98 Å². The molecule has 0 radical (unpaired) electrons. The Kier molecular flexibility index (Phi) is 4.84. The smallest absolute Gasteiger partial charge is 0.252 e. The first-order valence-electron chi connectivity index (χ1n) is 9.55. The van der Waals surface area contributed by atoms with Crippen LogP contribution in [0.2, 0.25) is 0 Å². The van der Waals surface area contributed by atoms with E-state index in [1.54, 1.807) is 18.6 Å². The molecule has 6 nitrogen and oxygen atoms in total. The molecule has 4 rings (SSSR count). The van der Waals surface area contributed by atoms with Crippen LogP contribution in [-0.4, -0.2) is 25.7 Å². The number of pyridine rings is 2. The van der Waals surface area contributed by atoms with Gasteiger partial charge >= 0.3 is 0 Å². The summed E-state index contributed by atoms with van der Waals surface area (Å²) in [5.74, 6) is -0.131. The molecule has 3 heterocycles. The summed E-state index contributed by atoms with van der Waals surface area (Å²) < 4.78 is 1.81. The number of benzene rings is 1. The second-order valence-electron chi connectivity index (χ2n) is 7.32. The Morgan fingerprint density at radius 1 is 1.10 bits per heavy atom. The maximum absolute atomic E-state index is 13.3. The van der Waals surface area contributed by atoms with Gasteiger partial charge in [-0.3, -0.25) is 14.5 Å². The third-order valence-corrected chi connectivity index (χ3v) is 5.27. The van der Waals surface area contributed by atoms with E-state index in [9.17, 15) is 4.79 Å². The van der Waals surface area contributed by atoms with Gasteiger partial charge in [0.25, 0.3) is 5.91 Å². The van der Waals surface area contributed by atoms with Crippen molar-refractivity contribution in [2.75, 3.05) is 0 Å². The highest BCUT2D eigenvalue weighted by Gasteiger charge is 2.19. The zero-order valence-electron chi connectivity index (χ0n) is 17.0. The molecule has 29 heavy (non-hydrogen) atoms. The first kappa shape index (κ1) is 18.8. The van der Waals surface area contributed by atoms with Crippen molar-refractivity contribution in [1.29, 1.82) is 0 Å². The Morgan fingerprint density at radius 3 is 2.55 bits per heavy atom. The van der Waals surface area contributed by atoms with E-state index < -0.39 is 0 Å². The van der Waals surface area contributed by atoms with E-state index in [2.05, 4.69) is 15.4 Å². The van der Waals surface area contributed by atoms with E-state index in [0.717, 1.165) is 39.0 Å². The number of carbonyl (C=O) groups is 1. The van der Waals surface area contributed by atoms with Crippen LogP contribution in [0.5, 0.6) is 0 Å². The highest BCUT2D eigenvalue weighted by atomic mass is 16.1. The first-order valence-corrected chi connectivity index (χ1v) is 9.55. The summed E-state index contributed by atoms with van der Waals surface area (Å²) in [5.41, 5.74) is 6.20. The number of hydrogen-bond donors (Lipinski definition) is 1. The van der Waals surface area contributed by atoms with Crippen molar-refractivity contribution in [3.8, 4) is 11.3 Å². The van der Waals surface area contributed by atoms with Crippen LogP contribution in [0.25, 0.3) is 22.2 Å². The average molecular weight is 385 g/mol. The zero-order chi connectivity index (χ0) is 20.5. The predicted molar refractivity (Wildman–Crippen MR) is 114 cm³/mol. The van der Waals surface area contributed by atoms with E-state index in [1.165, 1.54) is 0 Å². The van der Waals surface area contributed by atoms with Gasteiger partial charge in [-0.2, -0.15) is 5.10 Å². The van der Waals surface area contributed by atoms with Gasteiger partial charge in [0, 0.05) is 41.6 Å². The standard InChI is InChI=1S/C23H23N5O/c1-14-5-6-21-18(11-14)19(12-22(27-21)17-7-9-24-10-8-17)23(29)26-15(2)20-13-25-28(4)16(20)3/h5-13,15H,1-4H3,(H,26,29)/t15-/m0/s1. The number of amides is 1. The Hall–Kier alpha value is -3.54. The fourth-order valence-corrected chi connectivity index (χ4v) is 3.49. The molecule has 1 N–H and O–H groups in total. The SMILES string of the molecule is Cc1ccc2nc(-c3ccncc3)cc(C(=O)N[C@@H](C)c3cnn(C)c3C)c2c1. The van der Waals surface area contributed by atoms with Gasteiger partial charge in [-0.05, 0) is 51.1 Å². The molecular formula is C23H23N5O. The van der Waals surface area contributed by atoms with Crippen LogP contribution in [0.3, 0.4) is 0 Å². The van der Waals surface area contributed by atoms with E-state index in [1.807, 2.05) is 68.9 Å². The van der Waals surface area contributed by atoms with Crippen LogP contribution in [-0.2, 0) is 7.05 Å². The third kappa shape index (κ3) is 3.61. The lowest BCUT2D eigenvalue weighted by molar-refractivity contribution is 0.0941. The first-order chi connectivity index (χ1) is 13.9. The highest BCUT2D eigenvalue weighted by Crippen LogP contribution is 2.26.